The molecule has 2 aliphatic heterocycles. The predicted octanol–water partition coefficient (Wildman–Crippen LogP) is 1.84. The Bertz CT molecular complexity index is 466. The van der Waals surface area contributed by atoms with Crippen LogP contribution in [-0.2, 0) is 0 Å². The van der Waals surface area contributed by atoms with E-state index in [0.29, 0.717) is 11.2 Å². The largest absolute Gasteiger partial charge is 0.383 e. The molecule has 2 atom stereocenters. The molecule has 0 radical (unpaired) electrons. The molecule has 1 N–H and O–H groups in total. The molecule has 3 heterocycles. The summed E-state index contributed by atoms with van der Waals surface area (Å²) in [5.41, 5.74) is 0.838. The number of halogens is 1. The Morgan fingerprint density at radius 2 is 2.05 bits per heavy atom. The van der Waals surface area contributed by atoms with E-state index in [9.17, 15) is 0 Å². The number of hydrogen-bond acceptors (Lipinski definition) is 5. The molecule has 1 aromatic heterocycles. The summed E-state index contributed by atoms with van der Waals surface area (Å²) in [5, 5.41) is 3.62. The second-order valence-electron chi connectivity index (χ2n) is 5.40. The van der Waals surface area contributed by atoms with Crippen molar-refractivity contribution in [2.45, 2.75) is 31.3 Å². The quantitative estimate of drug-likeness (QED) is 0.838. The van der Waals surface area contributed by atoms with Gasteiger partial charge in [0.2, 0.25) is 0 Å². The summed E-state index contributed by atoms with van der Waals surface area (Å²) in [6, 6.07) is 1.36. The lowest BCUT2D eigenvalue weighted by Crippen LogP contribution is -2.37. The molecule has 2 saturated heterocycles. The van der Waals surface area contributed by atoms with E-state index < -0.39 is 0 Å². The van der Waals surface area contributed by atoms with Crippen LogP contribution in [0.3, 0.4) is 0 Å². The smallest absolute Gasteiger partial charge is 0.157 e. The van der Waals surface area contributed by atoms with E-state index in [1.165, 1.54) is 19.3 Å². The SMILES string of the molecule is CNc1c(Cl)ncnc1N1CCC2CCC(C1)N2C. The first-order valence-electron chi connectivity index (χ1n) is 6.86. The van der Waals surface area contributed by atoms with Crippen molar-refractivity contribution in [1.82, 2.24) is 14.9 Å². The van der Waals surface area contributed by atoms with Crippen LogP contribution in [0.5, 0.6) is 0 Å². The normalized spacial score (nSPS) is 27.4. The molecular weight excluding hydrogens is 262 g/mol. The average Bonchev–Trinajstić information content (AvgIpc) is 2.63. The van der Waals surface area contributed by atoms with E-state index in [0.717, 1.165) is 30.6 Å². The fourth-order valence-corrected chi connectivity index (χ4v) is 3.53. The van der Waals surface area contributed by atoms with Crippen molar-refractivity contribution in [3.05, 3.63) is 11.5 Å². The van der Waals surface area contributed by atoms with Gasteiger partial charge in [-0.2, -0.15) is 0 Å². The van der Waals surface area contributed by atoms with Crippen molar-refractivity contribution in [3.8, 4) is 0 Å². The van der Waals surface area contributed by atoms with Gasteiger partial charge in [-0.3, -0.25) is 4.90 Å². The van der Waals surface area contributed by atoms with Crippen LogP contribution in [0.15, 0.2) is 6.33 Å². The van der Waals surface area contributed by atoms with Gasteiger partial charge in [-0.15, -0.1) is 0 Å². The zero-order valence-corrected chi connectivity index (χ0v) is 12.2. The highest BCUT2D eigenvalue weighted by molar-refractivity contribution is 6.32. The van der Waals surface area contributed by atoms with Gasteiger partial charge in [-0.25, -0.2) is 9.97 Å². The Hall–Kier alpha value is -1.07. The average molecular weight is 282 g/mol. The molecule has 2 aliphatic rings. The van der Waals surface area contributed by atoms with Crippen LogP contribution < -0.4 is 10.2 Å². The minimum Gasteiger partial charge on any atom is -0.383 e. The lowest BCUT2D eigenvalue weighted by molar-refractivity contribution is 0.254. The summed E-state index contributed by atoms with van der Waals surface area (Å²) in [5.74, 6) is 0.934. The third kappa shape index (κ3) is 2.25. The number of nitrogens with zero attached hydrogens (tertiary/aromatic N) is 4. The molecule has 0 spiro atoms. The number of likely N-dealkylation sites (N-methyl/N-ethyl adjacent to an activating group) is 1. The standard InChI is InChI=1S/C13H20ClN5/c1-15-11-12(14)16-8-17-13(11)19-6-5-9-3-4-10(7-19)18(9)2/h8-10,15H,3-7H2,1-2H3. The van der Waals surface area contributed by atoms with Gasteiger partial charge in [0.15, 0.2) is 11.0 Å². The molecule has 5 nitrogen and oxygen atoms in total. The Balaban J connectivity index is 1.89. The predicted molar refractivity (Wildman–Crippen MR) is 78.0 cm³/mol. The second-order valence-corrected chi connectivity index (χ2v) is 5.76. The minimum absolute atomic E-state index is 0.496. The molecule has 2 unspecified atom stereocenters. The van der Waals surface area contributed by atoms with E-state index in [2.05, 4.69) is 32.1 Å². The van der Waals surface area contributed by atoms with Crippen molar-refractivity contribution in [3.63, 3.8) is 0 Å². The summed E-state index contributed by atoms with van der Waals surface area (Å²) in [7, 11) is 4.11. The third-order valence-corrected chi connectivity index (χ3v) is 4.77. The highest BCUT2D eigenvalue weighted by atomic mass is 35.5. The summed E-state index contributed by atoms with van der Waals surface area (Å²) in [6.45, 7) is 2.06. The van der Waals surface area contributed by atoms with Gasteiger partial charge in [0.1, 0.15) is 12.0 Å². The van der Waals surface area contributed by atoms with Crippen molar-refractivity contribution in [2.75, 3.05) is 37.4 Å². The van der Waals surface area contributed by atoms with Gasteiger partial charge in [-0.05, 0) is 26.3 Å². The summed E-state index contributed by atoms with van der Waals surface area (Å²) >= 11 is 6.15. The van der Waals surface area contributed by atoms with E-state index in [1.807, 2.05) is 7.05 Å². The topological polar surface area (TPSA) is 44.3 Å². The number of nitrogens with one attached hydrogen (secondary N) is 1. The van der Waals surface area contributed by atoms with Gasteiger partial charge in [-0.1, -0.05) is 11.6 Å². The first-order valence-corrected chi connectivity index (χ1v) is 7.23. The zero-order chi connectivity index (χ0) is 13.4. The first kappa shape index (κ1) is 12.9. The lowest BCUT2D eigenvalue weighted by atomic mass is 10.1. The molecule has 6 heteroatoms. The monoisotopic (exact) mass is 281 g/mol. The van der Waals surface area contributed by atoms with Crippen molar-refractivity contribution >= 4 is 23.1 Å². The Kier molecular flexibility index (Phi) is 3.50. The molecule has 3 rings (SSSR count). The van der Waals surface area contributed by atoms with Crippen molar-refractivity contribution in [1.29, 1.82) is 0 Å². The van der Waals surface area contributed by atoms with Gasteiger partial charge >= 0.3 is 0 Å². The van der Waals surface area contributed by atoms with Crippen LogP contribution in [0.1, 0.15) is 19.3 Å². The zero-order valence-electron chi connectivity index (χ0n) is 11.4. The molecule has 0 aliphatic carbocycles. The van der Waals surface area contributed by atoms with Gasteiger partial charge in [0.25, 0.3) is 0 Å². The fourth-order valence-electron chi connectivity index (χ4n) is 3.31. The Morgan fingerprint density at radius 3 is 2.84 bits per heavy atom. The van der Waals surface area contributed by atoms with Crippen LogP contribution in [0.25, 0.3) is 0 Å². The third-order valence-electron chi connectivity index (χ3n) is 4.48. The number of rotatable bonds is 2. The lowest BCUT2D eigenvalue weighted by Gasteiger charge is -2.28. The summed E-state index contributed by atoms with van der Waals surface area (Å²) in [4.78, 5) is 13.4. The maximum Gasteiger partial charge on any atom is 0.157 e. The van der Waals surface area contributed by atoms with Crippen LogP contribution >= 0.6 is 11.6 Å². The maximum atomic E-state index is 6.15. The molecule has 19 heavy (non-hydrogen) atoms. The van der Waals surface area contributed by atoms with E-state index in [1.54, 1.807) is 6.33 Å². The Morgan fingerprint density at radius 1 is 1.26 bits per heavy atom. The fraction of sp³-hybridized carbons (Fsp3) is 0.692. The first-order chi connectivity index (χ1) is 9.20. The van der Waals surface area contributed by atoms with E-state index in [-0.39, 0.29) is 0 Å². The molecule has 0 aromatic carbocycles. The van der Waals surface area contributed by atoms with Crippen LogP contribution in [-0.4, -0.2) is 54.1 Å². The number of hydrogen-bond donors (Lipinski definition) is 1. The van der Waals surface area contributed by atoms with Crippen LogP contribution in [0.2, 0.25) is 5.15 Å². The number of fused-ring (bicyclic) bond motifs is 2. The molecule has 104 valence electrons. The van der Waals surface area contributed by atoms with Crippen LogP contribution in [0, 0.1) is 0 Å². The molecule has 0 saturated carbocycles. The van der Waals surface area contributed by atoms with Crippen LogP contribution in [0.4, 0.5) is 11.5 Å². The second kappa shape index (κ2) is 5.13. The molecule has 2 bridgehead atoms. The molecule has 1 aromatic rings. The van der Waals surface area contributed by atoms with Gasteiger partial charge in [0, 0.05) is 32.2 Å². The Labute approximate surface area is 119 Å². The minimum atomic E-state index is 0.496. The molecular formula is C13H20ClN5. The highest BCUT2D eigenvalue weighted by Gasteiger charge is 2.35. The highest BCUT2D eigenvalue weighted by Crippen LogP contribution is 2.34. The van der Waals surface area contributed by atoms with Crippen molar-refractivity contribution < 1.29 is 0 Å². The maximum absolute atomic E-state index is 6.15. The van der Waals surface area contributed by atoms with Gasteiger partial charge in [0.05, 0.1) is 0 Å². The summed E-state index contributed by atoms with van der Waals surface area (Å²) < 4.78 is 0. The van der Waals surface area contributed by atoms with Crippen molar-refractivity contribution in [2.24, 2.45) is 0 Å². The number of aromatic nitrogens is 2. The molecule has 2 fully saturated rings. The molecule has 0 amide bonds. The van der Waals surface area contributed by atoms with E-state index in [4.69, 9.17) is 11.6 Å². The van der Waals surface area contributed by atoms with Gasteiger partial charge < -0.3 is 10.2 Å². The summed E-state index contributed by atoms with van der Waals surface area (Å²) in [6.07, 6.45) is 5.35. The van der Waals surface area contributed by atoms with E-state index >= 15 is 0 Å². The number of anilines is 2.